The summed E-state index contributed by atoms with van der Waals surface area (Å²) in [4.78, 5) is 26.7. The molecule has 5 aliphatic heterocycles. The molecule has 5 aliphatic rings. The number of nitrogens with one attached hydrogen (secondary N) is 2. The van der Waals surface area contributed by atoms with Gasteiger partial charge >= 0.3 is 6.01 Å². The van der Waals surface area contributed by atoms with Gasteiger partial charge in [0, 0.05) is 55.4 Å². The van der Waals surface area contributed by atoms with E-state index in [-0.39, 0.29) is 29.6 Å². The van der Waals surface area contributed by atoms with Gasteiger partial charge in [0.05, 0.1) is 17.3 Å². The molecule has 0 aliphatic carbocycles. The van der Waals surface area contributed by atoms with Crippen molar-refractivity contribution in [2.24, 2.45) is 5.92 Å². The van der Waals surface area contributed by atoms with Gasteiger partial charge < -0.3 is 15.0 Å². The zero-order valence-corrected chi connectivity index (χ0v) is 26.2. The lowest BCUT2D eigenvalue weighted by Gasteiger charge is -2.34. The van der Waals surface area contributed by atoms with Gasteiger partial charge in [0.25, 0.3) is 0 Å². The Morgan fingerprint density at radius 2 is 1.91 bits per heavy atom. The lowest BCUT2D eigenvalue weighted by Crippen LogP contribution is -2.43. The van der Waals surface area contributed by atoms with Gasteiger partial charge in [0.2, 0.25) is 5.91 Å². The molecule has 1 amide bonds. The smallest absolute Gasteiger partial charge is 0.319 e. The zero-order valence-electron chi connectivity index (χ0n) is 26.2. The van der Waals surface area contributed by atoms with Crippen molar-refractivity contribution in [3.05, 3.63) is 41.8 Å². The number of aryl methyl sites for hydroxylation is 1. The molecule has 11 heteroatoms. The van der Waals surface area contributed by atoms with E-state index in [4.69, 9.17) is 14.7 Å². The number of fused-ring (bicyclic) bond motifs is 10. The fourth-order valence-corrected chi connectivity index (χ4v) is 8.46. The van der Waals surface area contributed by atoms with E-state index in [1.807, 2.05) is 24.3 Å². The summed E-state index contributed by atoms with van der Waals surface area (Å²) in [6.07, 6.45) is 8.86. The summed E-state index contributed by atoms with van der Waals surface area (Å²) >= 11 is 0. The quantitative estimate of drug-likeness (QED) is 0.299. The third-order valence-electron chi connectivity index (χ3n) is 10.8. The van der Waals surface area contributed by atoms with Gasteiger partial charge in [-0.2, -0.15) is 15.1 Å². The second-order valence-electron chi connectivity index (χ2n) is 13.7. The molecule has 242 valence electrons. The number of amides is 1. The van der Waals surface area contributed by atoms with Gasteiger partial charge in [-0.3, -0.25) is 14.8 Å². The Balaban J connectivity index is 1.25. The first-order valence-corrected chi connectivity index (χ1v) is 17.0. The normalized spacial score (nSPS) is 25.9. The highest BCUT2D eigenvalue weighted by Crippen LogP contribution is 2.42. The predicted octanol–water partition coefficient (Wildman–Crippen LogP) is 5.72. The molecule has 2 aromatic heterocycles. The lowest BCUT2D eigenvalue weighted by molar-refractivity contribution is -0.121. The Labute approximate surface area is 267 Å². The maximum absolute atomic E-state index is 17.0. The van der Waals surface area contributed by atoms with Crippen LogP contribution in [0.2, 0.25) is 0 Å². The van der Waals surface area contributed by atoms with Crippen molar-refractivity contribution in [3.63, 3.8) is 0 Å². The number of H-pyrrole nitrogens is 1. The standard InChI is InChI=1S/C35H41F2N7O2/c36-24-17-35(13-4-16-44(35)20-24)21-46-34-40-32-26-10-9-25(31(32)37)30-23(8-11-28-27(30)18-39-42-28)6-1-2-7-29(45)38-14-12-22-5-3-15-43(19-22)33(26)41-34/h8-11,18,22,24H,1-7,12-17,19-21H2,(H,38,45)(H,39,42)/t22?,24-,35+/m1/s1. The number of ether oxygens (including phenoxy) is 1. The minimum atomic E-state index is -0.868. The minimum absolute atomic E-state index is 0.0844. The van der Waals surface area contributed by atoms with E-state index in [9.17, 15) is 9.18 Å². The average Bonchev–Trinajstić information content (AvgIpc) is 3.76. The van der Waals surface area contributed by atoms with E-state index in [0.717, 1.165) is 86.6 Å². The molecular weight excluding hydrogens is 588 g/mol. The van der Waals surface area contributed by atoms with E-state index in [2.05, 4.69) is 25.3 Å². The number of aromatic amines is 1. The van der Waals surface area contributed by atoms with E-state index in [1.54, 1.807) is 6.20 Å². The monoisotopic (exact) mass is 629 g/mol. The first-order chi connectivity index (χ1) is 22.5. The lowest BCUT2D eigenvalue weighted by atomic mass is 9.91. The average molecular weight is 630 g/mol. The van der Waals surface area contributed by atoms with Gasteiger partial charge in [0.1, 0.15) is 24.1 Å². The van der Waals surface area contributed by atoms with E-state index in [0.29, 0.717) is 55.0 Å². The van der Waals surface area contributed by atoms with Crippen LogP contribution in [-0.4, -0.2) is 82.0 Å². The van der Waals surface area contributed by atoms with Crippen LogP contribution in [-0.2, 0) is 11.2 Å². The van der Waals surface area contributed by atoms with Gasteiger partial charge in [-0.25, -0.2) is 8.78 Å². The van der Waals surface area contributed by atoms with Crippen molar-refractivity contribution in [2.75, 3.05) is 44.2 Å². The molecule has 46 heavy (non-hydrogen) atoms. The minimum Gasteiger partial charge on any atom is -0.461 e. The molecule has 1 unspecified atom stereocenters. The van der Waals surface area contributed by atoms with E-state index in [1.165, 1.54) is 0 Å². The topological polar surface area (TPSA) is 99.3 Å². The molecule has 3 saturated heterocycles. The largest absolute Gasteiger partial charge is 0.461 e. The van der Waals surface area contributed by atoms with Crippen LogP contribution in [0.5, 0.6) is 6.01 Å². The van der Waals surface area contributed by atoms with Crippen molar-refractivity contribution < 1.29 is 18.3 Å². The molecule has 2 N–H and O–H groups in total. The summed E-state index contributed by atoms with van der Waals surface area (Å²) < 4.78 is 37.9. The third kappa shape index (κ3) is 5.36. The van der Waals surface area contributed by atoms with Crippen LogP contribution in [0.25, 0.3) is 32.9 Å². The zero-order chi connectivity index (χ0) is 31.3. The van der Waals surface area contributed by atoms with Gasteiger partial charge in [0.15, 0.2) is 5.82 Å². The number of alkyl halides is 1. The number of halogens is 2. The number of hydrogen-bond donors (Lipinski definition) is 2. The van der Waals surface area contributed by atoms with Gasteiger partial charge in [-0.15, -0.1) is 0 Å². The number of rotatable bonds is 3. The number of nitrogens with zero attached hydrogens (tertiary/aromatic N) is 5. The maximum Gasteiger partial charge on any atom is 0.319 e. The molecule has 6 bridgehead atoms. The first-order valence-electron chi connectivity index (χ1n) is 17.0. The van der Waals surface area contributed by atoms with Crippen LogP contribution < -0.4 is 15.0 Å². The summed E-state index contributed by atoms with van der Waals surface area (Å²) in [6.45, 7) is 3.76. The molecule has 9 rings (SSSR count). The first kappa shape index (κ1) is 29.5. The number of carbonyl (C=O) groups excluding carboxylic acids is 1. The fourth-order valence-electron chi connectivity index (χ4n) is 8.46. The highest BCUT2D eigenvalue weighted by Gasteiger charge is 2.49. The fraction of sp³-hybridized carbons (Fsp3) is 0.543. The van der Waals surface area contributed by atoms with Crippen LogP contribution in [0, 0.1) is 11.7 Å². The van der Waals surface area contributed by atoms with Crippen molar-refractivity contribution in [2.45, 2.75) is 75.9 Å². The van der Waals surface area contributed by atoms with Crippen LogP contribution in [0.3, 0.4) is 0 Å². The summed E-state index contributed by atoms with van der Waals surface area (Å²) in [7, 11) is 0. The summed E-state index contributed by atoms with van der Waals surface area (Å²) in [5, 5.41) is 11.9. The molecule has 0 saturated carbocycles. The molecular formula is C35H41F2N7O2. The molecule has 0 spiro atoms. The van der Waals surface area contributed by atoms with Crippen LogP contribution in [0.1, 0.15) is 63.4 Å². The van der Waals surface area contributed by atoms with Crippen LogP contribution in [0.15, 0.2) is 30.5 Å². The molecule has 3 atom stereocenters. The third-order valence-corrected chi connectivity index (χ3v) is 10.8. The second-order valence-corrected chi connectivity index (χ2v) is 13.7. The van der Waals surface area contributed by atoms with E-state index >= 15 is 4.39 Å². The Hall–Kier alpha value is -3.86. The van der Waals surface area contributed by atoms with Gasteiger partial charge in [-0.1, -0.05) is 12.1 Å². The Bertz CT molecular complexity index is 1780. The number of piperidine rings is 1. The Kier molecular flexibility index (Phi) is 7.74. The molecule has 4 aromatic rings. The number of benzene rings is 2. The van der Waals surface area contributed by atoms with Gasteiger partial charge in [-0.05, 0) is 87.1 Å². The summed E-state index contributed by atoms with van der Waals surface area (Å²) in [5.41, 5.74) is 2.94. The summed E-state index contributed by atoms with van der Waals surface area (Å²) in [6, 6.07) is 7.94. The van der Waals surface area contributed by atoms with Crippen molar-refractivity contribution in [1.82, 2.24) is 30.4 Å². The highest BCUT2D eigenvalue weighted by molar-refractivity contribution is 6.00. The second kappa shape index (κ2) is 12.1. The number of carbonyl (C=O) groups is 1. The van der Waals surface area contributed by atoms with Crippen molar-refractivity contribution in [3.8, 4) is 17.1 Å². The molecule has 9 nitrogen and oxygen atoms in total. The predicted molar refractivity (Wildman–Crippen MR) is 173 cm³/mol. The van der Waals surface area contributed by atoms with Crippen molar-refractivity contribution in [1.29, 1.82) is 0 Å². The molecule has 2 aromatic carbocycles. The highest BCUT2D eigenvalue weighted by atomic mass is 19.1. The molecule has 0 radical (unpaired) electrons. The van der Waals surface area contributed by atoms with Crippen LogP contribution >= 0.6 is 0 Å². The van der Waals surface area contributed by atoms with E-state index < -0.39 is 12.0 Å². The number of hydrogen-bond acceptors (Lipinski definition) is 7. The van der Waals surface area contributed by atoms with Crippen LogP contribution in [0.4, 0.5) is 14.6 Å². The molecule has 3 fully saturated rings. The number of aromatic nitrogens is 4. The SMILES string of the molecule is O=C1CCCCc2ccc3[nH]ncc3c2-c2ccc3c(nc(OC[C@@]45CCCN4C[C@H](F)C5)nc3c2F)N2CCCC(CCN1)C2. The molecule has 7 heterocycles. The Morgan fingerprint density at radius 1 is 1.00 bits per heavy atom. The maximum atomic E-state index is 17.0. The Morgan fingerprint density at radius 3 is 2.85 bits per heavy atom. The summed E-state index contributed by atoms with van der Waals surface area (Å²) in [5.74, 6) is 0.706. The number of anilines is 1. The van der Waals surface area contributed by atoms with Crippen molar-refractivity contribution >= 4 is 33.5 Å².